The van der Waals surface area contributed by atoms with Gasteiger partial charge in [0.2, 0.25) is 6.29 Å². The van der Waals surface area contributed by atoms with Crippen molar-refractivity contribution in [1.82, 2.24) is 0 Å². The van der Waals surface area contributed by atoms with Crippen LogP contribution in [0.5, 0.6) is 0 Å². The first-order valence-electron chi connectivity index (χ1n) is 17.4. The van der Waals surface area contributed by atoms with Crippen molar-refractivity contribution in [2.24, 2.45) is 50.2 Å². The molecule has 1 aliphatic heterocycles. The Bertz CT molecular complexity index is 1210. The SMILES string of the molecule is CC1(C)C[C@H]2C3=CC[C@@H]4[C@@]5(C)CC[C@H](O)C(C)(C)[C@@H]5CC[C@@]4(C)[C@]3(C)CC[C@@]2(C(=O)O[C@@H]2O[C@H](CO)[C@@H](O)[C@H](O)[C@H]2O)C[C@@H]1O. The topological polar surface area (TPSA) is 157 Å². The summed E-state index contributed by atoms with van der Waals surface area (Å²) >= 11 is 0. The molecule has 0 radical (unpaired) electrons. The van der Waals surface area contributed by atoms with Crippen LogP contribution in [0.25, 0.3) is 0 Å². The maximum atomic E-state index is 14.4. The minimum Gasteiger partial charge on any atom is -0.432 e. The lowest BCUT2D eigenvalue weighted by Crippen LogP contribution is -2.66. The van der Waals surface area contributed by atoms with E-state index in [0.29, 0.717) is 24.7 Å². The van der Waals surface area contributed by atoms with Crippen LogP contribution >= 0.6 is 0 Å². The summed E-state index contributed by atoms with van der Waals surface area (Å²) in [6, 6.07) is 0. The number of aliphatic hydroxyl groups excluding tert-OH is 6. The highest BCUT2D eigenvalue weighted by Crippen LogP contribution is 2.75. The lowest BCUT2D eigenvalue weighted by atomic mass is 9.33. The third-order valence-electron chi connectivity index (χ3n) is 15.3. The first-order chi connectivity index (χ1) is 20.8. The van der Waals surface area contributed by atoms with Gasteiger partial charge in [-0.1, -0.05) is 60.1 Å². The molecule has 5 fully saturated rings. The van der Waals surface area contributed by atoms with E-state index in [1.807, 2.05) is 0 Å². The first kappa shape index (κ1) is 33.8. The van der Waals surface area contributed by atoms with E-state index < -0.39 is 60.2 Å². The van der Waals surface area contributed by atoms with Crippen LogP contribution in [-0.4, -0.2) is 86.1 Å². The molecule has 0 amide bonds. The minimum atomic E-state index is -1.68. The highest BCUT2D eigenvalue weighted by Gasteiger charge is 2.70. The van der Waals surface area contributed by atoms with Gasteiger partial charge in [-0.2, -0.15) is 0 Å². The van der Waals surface area contributed by atoms with Crippen LogP contribution in [0.3, 0.4) is 0 Å². The van der Waals surface area contributed by atoms with Gasteiger partial charge in [-0.3, -0.25) is 4.79 Å². The maximum Gasteiger partial charge on any atom is 0.315 e. The van der Waals surface area contributed by atoms with Crippen molar-refractivity contribution in [2.45, 2.75) is 149 Å². The summed E-state index contributed by atoms with van der Waals surface area (Å²) in [5, 5.41) is 63.4. The molecular formula is C36H58O9. The predicted molar refractivity (Wildman–Crippen MR) is 166 cm³/mol. The highest BCUT2D eigenvalue weighted by atomic mass is 16.7. The Morgan fingerprint density at radius 3 is 2.20 bits per heavy atom. The fraction of sp³-hybridized carbons (Fsp3) is 0.917. The molecule has 4 saturated carbocycles. The number of carbonyl (C=O) groups excluding carboxylic acids is 1. The largest absolute Gasteiger partial charge is 0.432 e. The van der Waals surface area contributed by atoms with Gasteiger partial charge in [0.25, 0.3) is 0 Å². The van der Waals surface area contributed by atoms with Crippen LogP contribution in [0.2, 0.25) is 0 Å². The maximum absolute atomic E-state index is 14.4. The van der Waals surface area contributed by atoms with Gasteiger partial charge in [-0.05, 0) is 103 Å². The second-order valence-electron chi connectivity index (χ2n) is 17.9. The standard InChI is InChI=1S/C36H58O9/c1-31(2)16-20-19-8-9-23-33(5)12-11-24(38)32(3,4)22(33)10-13-35(23,7)34(19,6)14-15-36(20,17-25(31)39)30(43)45-29-28(42)27(41)26(40)21(18-37)44-29/h8,20-29,37-42H,9-18H2,1-7H3/t20-,21+,22-,23+,24-,25-,26+,27-,28+,29-,33-,34+,35+,36+/m0/s1. The molecule has 6 rings (SSSR count). The fourth-order valence-corrected chi connectivity index (χ4v) is 12.0. The van der Waals surface area contributed by atoms with Gasteiger partial charge in [-0.15, -0.1) is 0 Å². The van der Waals surface area contributed by atoms with Crippen LogP contribution in [0, 0.1) is 50.2 Å². The minimum absolute atomic E-state index is 0.00571. The molecule has 0 aromatic heterocycles. The molecule has 0 unspecified atom stereocenters. The summed E-state index contributed by atoms with van der Waals surface area (Å²) in [5.41, 5.74) is -0.399. The average molecular weight is 635 g/mol. The van der Waals surface area contributed by atoms with Gasteiger partial charge in [0.1, 0.15) is 24.4 Å². The smallest absolute Gasteiger partial charge is 0.315 e. The molecule has 14 atom stereocenters. The average Bonchev–Trinajstić information content (AvgIpc) is 2.96. The third-order valence-corrected chi connectivity index (χ3v) is 15.3. The number of rotatable bonds is 3. The van der Waals surface area contributed by atoms with Gasteiger partial charge in [0.15, 0.2) is 0 Å². The summed E-state index contributed by atoms with van der Waals surface area (Å²) in [6.45, 7) is 15.4. The normalized spacial score (nSPS) is 53.6. The number of hydrogen-bond acceptors (Lipinski definition) is 9. The predicted octanol–water partition coefficient (Wildman–Crippen LogP) is 3.46. The summed E-state index contributed by atoms with van der Waals surface area (Å²) in [5.74, 6) is 0.130. The van der Waals surface area contributed by atoms with Crippen molar-refractivity contribution in [3.63, 3.8) is 0 Å². The number of allylic oxidation sites excluding steroid dienone is 2. The summed E-state index contributed by atoms with van der Waals surface area (Å²) in [6.07, 6.45) is 0.775. The van der Waals surface area contributed by atoms with E-state index in [-0.39, 0.29) is 40.1 Å². The molecule has 0 aromatic rings. The number of carbonyl (C=O) groups is 1. The third kappa shape index (κ3) is 4.54. The number of hydrogen-bond donors (Lipinski definition) is 6. The van der Waals surface area contributed by atoms with E-state index in [1.54, 1.807) is 0 Å². The van der Waals surface area contributed by atoms with Gasteiger partial charge in [0, 0.05) is 0 Å². The molecule has 6 N–H and O–H groups in total. The van der Waals surface area contributed by atoms with Crippen molar-refractivity contribution in [2.75, 3.05) is 6.61 Å². The number of fused-ring (bicyclic) bond motifs is 7. The van der Waals surface area contributed by atoms with Gasteiger partial charge in [-0.25, -0.2) is 0 Å². The Kier molecular flexibility index (Phi) is 8.05. The Labute approximate surface area is 268 Å². The summed E-state index contributed by atoms with van der Waals surface area (Å²) in [7, 11) is 0. The van der Waals surface area contributed by atoms with Gasteiger partial charge >= 0.3 is 5.97 Å². The lowest BCUT2D eigenvalue weighted by Gasteiger charge is -2.71. The fourth-order valence-electron chi connectivity index (χ4n) is 12.0. The van der Waals surface area contributed by atoms with Crippen molar-refractivity contribution < 1.29 is 44.9 Å². The summed E-state index contributed by atoms with van der Waals surface area (Å²) < 4.78 is 11.5. The quantitative estimate of drug-likeness (QED) is 0.202. The molecule has 45 heavy (non-hydrogen) atoms. The molecule has 0 aromatic carbocycles. The lowest BCUT2D eigenvalue weighted by molar-refractivity contribution is -0.298. The second kappa shape index (κ2) is 10.7. The van der Waals surface area contributed by atoms with Crippen molar-refractivity contribution in [3.8, 4) is 0 Å². The van der Waals surface area contributed by atoms with E-state index in [9.17, 15) is 35.4 Å². The van der Waals surface area contributed by atoms with Crippen LogP contribution < -0.4 is 0 Å². The Hall–Kier alpha value is -1.07. The van der Waals surface area contributed by atoms with Crippen molar-refractivity contribution in [1.29, 1.82) is 0 Å². The first-order valence-corrected chi connectivity index (χ1v) is 17.4. The molecule has 9 nitrogen and oxygen atoms in total. The highest BCUT2D eigenvalue weighted by molar-refractivity contribution is 5.79. The molecule has 0 bridgehead atoms. The molecule has 9 heteroatoms. The van der Waals surface area contributed by atoms with Crippen LogP contribution in [0.1, 0.15) is 106 Å². The zero-order valence-corrected chi connectivity index (χ0v) is 28.3. The zero-order valence-electron chi connectivity index (χ0n) is 28.3. The van der Waals surface area contributed by atoms with Crippen molar-refractivity contribution >= 4 is 5.97 Å². The van der Waals surface area contributed by atoms with Crippen LogP contribution in [0.15, 0.2) is 11.6 Å². The van der Waals surface area contributed by atoms with Crippen LogP contribution in [0.4, 0.5) is 0 Å². The van der Waals surface area contributed by atoms with Gasteiger partial charge in [0.05, 0.1) is 24.2 Å². The van der Waals surface area contributed by atoms with E-state index in [2.05, 4.69) is 54.5 Å². The molecule has 1 saturated heterocycles. The van der Waals surface area contributed by atoms with Crippen LogP contribution in [-0.2, 0) is 14.3 Å². The number of ether oxygens (including phenoxy) is 2. The molecular weight excluding hydrogens is 576 g/mol. The van der Waals surface area contributed by atoms with E-state index >= 15 is 0 Å². The van der Waals surface area contributed by atoms with E-state index in [1.165, 1.54) is 5.57 Å². The molecule has 5 aliphatic carbocycles. The Morgan fingerprint density at radius 2 is 1.53 bits per heavy atom. The molecule has 6 aliphatic rings. The summed E-state index contributed by atoms with van der Waals surface area (Å²) in [4.78, 5) is 14.4. The number of aliphatic hydroxyl groups is 6. The Balaban J connectivity index is 1.37. The van der Waals surface area contributed by atoms with Crippen molar-refractivity contribution in [3.05, 3.63) is 11.6 Å². The Morgan fingerprint density at radius 1 is 0.844 bits per heavy atom. The monoisotopic (exact) mass is 634 g/mol. The van der Waals surface area contributed by atoms with E-state index in [4.69, 9.17) is 9.47 Å². The molecule has 1 heterocycles. The second-order valence-corrected chi connectivity index (χ2v) is 17.9. The van der Waals surface area contributed by atoms with E-state index in [0.717, 1.165) is 38.5 Å². The van der Waals surface area contributed by atoms with Gasteiger partial charge < -0.3 is 40.1 Å². The number of esters is 1. The molecule has 256 valence electrons. The zero-order chi connectivity index (χ0) is 33.1. The molecule has 0 spiro atoms.